The zero-order valence-corrected chi connectivity index (χ0v) is 11.5. The Hall–Kier alpha value is -1.75. The van der Waals surface area contributed by atoms with E-state index in [2.05, 4.69) is 0 Å². The first-order chi connectivity index (χ1) is 9.04. The molecule has 0 bridgehead atoms. The minimum Gasteiger partial charge on any atom is -0.493 e. The number of carbonyl (C=O) groups excluding carboxylic acids is 1. The summed E-state index contributed by atoms with van der Waals surface area (Å²) in [4.78, 5) is 14.0. The Morgan fingerprint density at radius 3 is 2.58 bits per heavy atom. The van der Waals surface area contributed by atoms with Gasteiger partial charge in [-0.2, -0.15) is 0 Å². The van der Waals surface area contributed by atoms with Crippen molar-refractivity contribution < 1.29 is 19.4 Å². The van der Waals surface area contributed by atoms with Crippen molar-refractivity contribution >= 4 is 5.91 Å². The maximum absolute atomic E-state index is 12.4. The lowest BCUT2D eigenvalue weighted by Crippen LogP contribution is -2.63. The fourth-order valence-corrected chi connectivity index (χ4v) is 2.26. The van der Waals surface area contributed by atoms with Crippen molar-refractivity contribution in [1.29, 1.82) is 0 Å². The fraction of sp³-hybridized carbons (Fsp3) is 0.500. The summed E-state index contributed by atoms with van der Waals surface area (Å²) in [5.41, 5.74) is -0.276. The molecule has 1 fully saturated rings. The fourth-order valence-electron chi connectivity index (χ4n) is 2.26. The summed E-state index contributed by atoms with van der Waals surface area (Å²) < 4.78 is 10.4. The molecule has 1 saturated heterocycles. The van der Waals surface area contributed by atoms with Gasteiger partial charge in [0, 0.05) is 0 Å². The predicted molar refractivity (Wildman–Crippen MR) is 70.7 cm³/mol. The number of methoxy groups -OCH3 is 2. The van der Waals surface area contributed by atoms with Crippen molar-refractivity contribution in [2.24, 2.45) is 0 Å². The highest BCUT2D eigenvalue weighted by Gasteiger charge is 2.42. The highest BCUT2D eigenvalue weighted by Crippen LogP contribution is 2.34. The number of benzene rings is 1. The topological polar surface area (TPSA) is 59.0 Å². The van der Waals surface area contributed by atoms with Gasteiger partial charge in [0.05, 0.1) is 38.5 Å². The smallest absolute Gasteiger partial charge is 0.257 e. The van der Waals surface area contributed by atoms with Gasteiger partial charge in [-0.3, -0.25) is 4.79 Å². The standard InChI is InChI=1S/C14H19NO4/c1-4-14(17)8-15(9-14)13(16)10-6-5-7-11(18-2)12(10)19-3/h5-7,17H,4,8-9H2,1-3H3. The number of hydrogen-bond acceptors (Lipinski definition) is 4. The first-order valence-corrected chi connectivity index (χ1v) is 6.27. The van der Waals surface area contributed by atoms with E-state index in [0.29, 0.717) is 36.6 Å². The molecule has 104 valence electrons. The molecule has 0 spiro atoms. The summed E-state index contributed by atoms with van der Waals surface area (Å²) in [6, 6.07) is 5.20. The predicted octanol–water partition coefficient (Wildman–Crippen LogP) is 1.30. The van der Waals surface area contributed by atoms with Crippen molar-refractivity contribution in [1.82, 2.24) is 4.90 Å². The number of aliphatic hydroxyl groups is 1. The first kappa shape index (κ1) is 13.7. The van der Waals surface area contributed by atoms with Crippen LogP contribution in [0.25, 0.3) is 0 Å². The summed E-state index contributed by atoms with van der Waals surface area (Å²) in [6.07, 6.45) is 0.645. The maximum atomic E-state index is 12.4. The number of para-hydroxylation sites is 1. The Labute approximate surface area is 112 Å². The van der Waals surface area contributed by atoms with Crippen LogP contribution >= 0.6 is 0 Å². The van der Waals surface area contributed by atoms with Crippen molar-refractivity contribution in [3.8, 4) is 11.5 Å². The second kappa shape index (κ2) is 5.09. The summed E-state index contributed by atoms with van der Waals surface area (Å²) in [6.45, 7) is 2.64. The third-order valence-corrected chi connectivity index (χ3v) is 3.55. The van der Waals surface area contributed by atoms with Crippen LogP contribution in [0, 0.1) is 0 Å². The van der Waals surface area contributed by atoms with Crippen molar-refractivity contribution in [3.05, 3.63) is 23.8 Å². The molecule has 5 nitrogen and oxygen atoms in total. The number of rotatable bonds is 4. The monoisotopic (exact) mass is 265 g/mol. The van der Waals surface area contributed by atoms with E-state index in [4.69, 9.17) is 9.47 Å². The highest BCUT2D eigenvalue weighted by molar-refractivity contribution is 5.98. The Bertz CT molecular complexity index is 480. The zero-order valence-electron chi connectivity index (χ0n) is 11.5. The van der Waals surface area contributed by atoms with Crippen LogP contribution in [0.2, 0.25) is 0 Å². The maximum Gasteiger partial charge on any atom is 0.257 e. The molecule has 0 saturated carbocycles. The van der Waals surface area contributed by atoms with E-state index in [1.807, 2.05) is 6.92 Å². The first-order valence-electron chi connectivity index (χ1n) is 6.27. The molecule has 1 aliphatic rings. The molecule has 1 N–H and O–H groups in total. The molecular weight excluding hydrogens is 246 g/mol. The summed E-state index contributed by atoms with van der Waals surface area (Å²) in [5, 5.41) is 9.96. The van der Waals surface area contributed by atoms with Crippen LogP contribution in [0.3, 0.4) is 0 Å². The molecule has 1 heterocycles. The average molecular weight is 265 g/mol. The molecular formula is C14H19NO4. The number of carbonyl (C=O) groups is 1. The van der Waals surface area contributed by atoms with Crippen LogP contribution in [0.4, 0.5) is 0 Å². The second-order valence-electron chi connectivity index (χ2n) is 4.78. The van der Waals surface area contributed by atoms with Gasteiger partial charge in [-0.05, 0) is 18.6 Å². The molecule has 5 heteroatoms. The zero-order chi connectivity index (χ0) is 14.0. The molecule has 1 amide bonds. The van der Waals surface area contributed by atoms with Crippen LogP contribution in [-0.2, 0) is 0 Å². The summed E-state index contributed by atoms with van der Waals surface area (Å²) in [7, 11) is 3.04. The van der Waals surface area contributed by atoms with Gasteiger partial charge < -0.3 is 19.5 Å². The summed E-state index contributed by atoms with van der Waals surface area (Å²) in [5.74, 6) is 0.815. The van der Waals surface area contributed by atoms with Crippen molar-refractivity contribution in [2.75, 3.05) is 27.3 Å². The van der Waals surface area contributed by atoms with Gasteiger partial charge in [0.15, 0.2) is 11.5 Å². The third-order valence-electron chi connectivity index (χ3n) is 3.55. The normalized spacial score (nSPS) is 16.7. The average Bonchev–Trinajstić information content (AvgIpc) is 2.41. The number of ether oxygens (including phenoxy) is 2. The van der Waals surface area contributed by atoms with Gasteiger partial charge in [-0.1, -0.05) is 13.0 Å². The van der Waals surface area contributed by atoms with E-state index in [0.717, 1.165) is 0 Å². The minimum atomic E-state index is -0.734. The second-order valence-corrected chi connectivity index (χ2v) is 4.78. The molecule has 0 atom stereocenters. The highest BCUT2D eigenvalue weighted by atomic mass is 16.5. The van der Waals surface area contributed by atoms with E-state index >= 15 is 0 Å². The van der Waals surface area contributed by atoms with Gasteiger partial charge in [0.1, 0.15) is 0 Å². The SMILES string of the molecule is CCC1(O)CN(C(=O)c2cccc(OC)c2OC)C1. The Kier molecular flexibility index (Phi) is 3.66. The lowest BCUT2D eigenvalue weighted by atomic mass is 9.90. The lowest BCUT2D eigenvalue weighted by Gasteiger charge is -2.46. The summed E-state index contributed by atoms with van der Waals surface area (Å²) >= 11 is 0. The van der Waals surface area contributed by atoms with Gasteiger partial charge in [-0.15, -0.1) is 0 Å². The van der Waals surface area contributed by atoms with E-state index in [1.165, 1.54) is 14.2 Å². The van der Waals surface area contributed by atoms with Crippen LogP contribution in [0.5, 0.6) is 11.5 Å². The molecule has 2 rings (SSSR count). The van der Waals surface area contributed by atoms with Gasteiger partial charge >= 0.3 is 0 Å². The quantitative estimate of drug-likeness (QED) is 0.891. The molecule has 0 unspecified atom stereocenters. The van der Waals surface area contributed by atoms with E-state index in [9.17, 15) is 9.90 Å². The molecule has 0 aromatic heterocycles. The van der Waals surface area contributed by atoms with Crippen LogP contribution in [-0.4, -0.2) is 48.8 Å². The molecule has 0 aliphatic carbocycles. The molecule has 1 aliphatic heterocycles. The van der Waals surface area contributed by atoms with Gasteiger partial charge in [-0.25, -0.2) is 0 Å². The number of β-amino-alcohol motifs (C(OH)–C–C–N with tert-alkyl or cyclic N) is 1. The minimum absolute atomic E-state index is 0.145. The third kappa shape index (κ3) is 2.38. The molecule has 1 aromatic rings. The van der Waals surface area contributed by atoms with Crippen molar-refractivity contribution in [3.63, 3.8) is 0 Å². The van der Waals surface area contributed by atoms with Crippen LogP contribution < -0.4 is 9.47 Å². The van der Waals surface area contributed by atoms with Gasteiger partial charge in [0.2, 0.25) is 0 Å². The number of nitrogens with zero attached hydrogens (tertiary/aromatic N) is 1. The van der Waals surface area contributed by atoms with Crippen LogP contribution in [0.15, 0.2) is 18.2 Å². The van der Waals surface area contributed by atoms with Crippen LogP contribution in [0.1, 0.15) is 23.7 Å². The van der Waals surface area contributed by atoms with Gasteiger partial charge in [0.25, 0.3) is 5.91 Å². The van der Waals surface area contributed by atoms with Crippen molar-refractivity contribution in [2.45, 2.75) is 18.9 Å². The number of amides is 1. The Morgan fingerprint density at radius 1 is 1.37 bits per heavy atom. The Morgan fingerprint density at radius 2 is 2.05 bits per heavy atom. The Balaban J connectivity index is 2.21. The van der Waals surface area contributed by atoms with E-state index in [-0.39, 0.29) is 5.91 Å². The van der Waals surface area contributed by atoms with E-state index < -0.39 is 5.60 Å². The molecule has 0 radical (unpaired) electrons. The number of hydrogen-bond donors (Lipinski definition) is 1. The van der Waals surface area contributed by atoms with E-state index in [1.54, 1.807) is 23.1 Å². The number of likely N-dealkylation sites (tertiary alicyclic amines) is 1. The molecule has 19 heavy (non-hydrogen) atoms. The lowest BCUT2D eigenvalue weighted by molar-refractivity contribution is -0.0827. The largest absolute Gasteiger partial charge is 0.493 e. The molecule has 1 aromatic carbocycles.